The van der Waals surface area contributed by atoms with Crippen LogP contribution in [0.4, 0.5) is 0 Å². The number of nitrogens with one attached hydrogen (secondary N) is 1. The fourth-order valence-corrected chi connectivity index (χ4v) is 2.18. The molecule has 18 heavy (non-hydrogen) atoms. The number of methoxy groups -OCH3 is 1. The van der Waals surface area contributed by atoms with E-state index in [2.05, 4.69) is 17.3 Å². The van der Waals surface area contributed by atoms with Gasteiger partial charge in [0, 0.05) is 39.2 Å². The molecule has 108 valence electrons. The van der Waals surface area contributed by atoms with Gasteiger partial charge in [0.05, 0.1) is 6.10 Å². The molecule has 0 aromatic rings. The Morgan fingerprint density at radius 3 is 2.17 bits per heavy atom. The molecule has 1 aliphatic heterocycles. The van der Waals surface area contributed by atoms with Crippen LogP contribution in [0.5, 0.6) is 0 Å². The lowest BCUT2D eigenvalue weighted by Crippen LogP contribution is -2.40. The summed E-state index contributed by atoms with van der Waals surface area (Å²) in [5.74, 6) is 0.176. The number of piperazine rings is 1. The molecule has 1 saturated carbocycles. The van der Waals surface area contributed by atoms with Crippen molar-refractivity contribution in [1.82, 2.24) is 10.2 Å². The average molecular weight is 258 g/mol. The van der Waals surface area contributed by atoms with Crippen LogP contribution >= 0.6 is 0 Å². The summed E-state index contributed by atoms with van der Waals surface area (Å²) in [6.45, 7) is 8.74. The van der Waals surface area contributed by atoms with Gasteiger partial charge in [-0.1, -0.05) is 20.3 Å². The molecule has 1 heterocycles. The molecule has 4 nitrogen and oxygen atoms in total. The Hall–Kier alpha value is -0.450. The number of carbonyl (C=O) groups is 1. The van der Waals surface area contributed by atoms with E-state index in [4.69, 9.17) is 4.74 Å². The fraction of sp³-hybridized carbons (Fsp3) is 0.929. The Morgan fingerprint density at radius 2 is 1.83 bits per heavy atom. The molecule has 2 rings (SSSR count). The second kappa shape index (κ2) is 11.6. The molecular weight excluding hydrogens is 228 g/mol. The maximum absolute atomic E-state index is 10.3. The molecule has 0 radical (unpaired) electrons. The number of likely N-dealkylation sites (N-methyl/N-ethyl adjacent to an activating group) is 1. The van der Waals surface area contributed by atoms with Gasteiger partial charge in [0.2, 0.25) is 0 Å². The zero-order chi connectivity index (χ0) is 13.8. The van der Waals surface area contributed by atoms with E-state index in [1.165, 1.54) is 13.1 Å². The Labute approximate surface area is 112 Å². The van der Waals surface area contributed by atoms with E-state index >= 15 is 0 Å². The molecule has 0 amide bonds. The number of nitrogens with zero attached hydrogens (tertiary/aromatic N) is 1. The molecule has 2 fully saturated rings. The average Bonchev–Trinajstić information content (AvgIpc) is 2.90. The Balaban J connectivity index is 0.000000289. The highest BCUT2D eigenvalue weighted by Gasteiger charge is 2.25. The number of aldehydes is 1. The minimum absolute atomic E-state index is 0.176. The maximum atomic E-state index is 10.3. The first-order valence-electron chi connectivity index (χ1n) is 7.15. The molecule has 1 N–H and O–H groups in total. The number of ether oxygens (including phenoxy) is 1. The first kappa shape index (κ1) is 17.6. The summed E-state index contributed by atoms with van der Waals surface area (Å²) in [7, 11) is 3.83. The molecule has 2 aliphatic rings. The van der Waals surface area contributed by atoms with E-state index in [1.807, 2.05) is 13.8 Å². The van der Waals surface area contributed by atoms with Crippen LogP contribution in [-0.4, -0.2) is 57.6 Å². The van der Waals surface area contributed by atoms with Crippen molar-refractivity contribution in [2.45, 2.75) is 39.2 Å². The number of hydrogen-bond acceptors (Lipinski definition) is 4. The molecule has 0 spiro atoms. The van der Waals surface area contributed by atoms with E-state index in [1.54, 1.807) is 7.11 Å². The topological polar surface area (TPSA) is 41.6 Å². The van der Waals surface area contributed by atoms with Crippen molar-refractivity contribution < 1.29 is 9.53 Å². The largest absolute Gasteiger partial charge is 0.381 e. The van der Waals surface area contributed by atoms with Gasteiger partial charge in [-0.15, -0.1) is 0 Å². The zero-order valence-electron chi connectivity index (χ0n) is 12.4. The summed E-state index contributed by atoms with van der Waals surface area (Å²) < 4.78 is 5.08. The van der Waals surface area contributed by atoms with Crippen LogP contribution in [0.1, 0.15) is 33.1 Å². The van der Waals surface area contributed by atoms with E-state index in [0.717, 1.165) is 38.6 Å². The summed E-state index contributed by atoms with van der Waals surface area (Å²) in [5.41, 5.74) is 0. The molecule has 4 heteroatoms. The van der Waals surface area contributed by atoms with Crippen molar-refractivity contribution in [3.05, 3.63) is 0 Å². The van der Waals surface area contributed by atoms with Crippen LogP contribution in [0.25, 0.3) is 0 Å². The lowest BCUT2D eigenvalue weighted by Gasteiger charge is -2.21. The van der Waals surface area contributed by atoms with Crippen molar-refractivity contribution in [3.63, 3.8) is 0 Å². The van der Waals surface area contributed by atoms with Gasteiger partial charge in [-0.2, -0.15) is 0 Å². The minimum atomic E-state index is 0.176. The second-order valence-electron chi connectivity index (χ2n) is 4.56. The molecule has 2 unspecified atom stereocenters. The van der Waals surface area contributed by atoms with Crippen LogP contribution in [0.2, 0.25) is 0 Å². The second-order valence-corrected chi connectivity index (χ2v) is 4.56. The Bertz CT molecular complexity index is 194. The Kier molecular flexibility index (Phi) is 11.3. The molecule has 1 aliphatic carbocycles. The zero-order valence-corrected chi connectivity index (χ0v) is 12.4. The van der Waals surface area contributed by atoms with Crippen LogP contribution < -0.4 is 5.32 Å². The van der Waals surface area contributed by atoms with Gasteiger partial charge in [0.1, 0.15) is 6.29 Å². The van der Waals surface area contributed by atoms with E-state index in [0.29, 0.717) is 0 Å². The number of rotatable bonds is 2. The van der Waals surface area contributed by atoms with Gasteiger partial charge >= 0.3 is 0 Å². The van der Waals surface area contributed by atoms with Crippen molar-refractivity contribution in [2.75, 3.05) is 40.3 Å². The van der Waals surface area contributed by atoms with Gasteiger partial charge < -0.3 is 19.7 Å². The molecule has 1 saturated heterocycles. The standard InChI is InChI=1S/C7H12O2.C5H12N2.C2H6/c1-9-7-4-2-3-6(7)5-8;1-7-4-2-6-3-5-7;1-2/h5-7H,2-4H2,1H3;6H,2-5H2,1H3;1-2H3. The monoisotopic (exact) mass is 258 g/mol. The highest BCUT2D eigenvalue weighted by Crippen LogP contribution is 2.25. The number of hydrogen-bond donors (Lipinski definition) is 1. The van der Waals surface area contributed by atoms with Crippen molar-refractivity contribution in [3.8, 4) is 0 Å². The van der Waals surface area contributed by atoms with Gasteiger partial charge in [-0.25, -0.2) is 0 Å². The number of carbonyl (C=O) groups excluding carboxylic acids is 1. The quantitative estimate of drug-likeness (QED) is 0.763. The third-order valence-corrected chi connectivity index (χ3v) is 3.32. The molecule has 0 bridgehead atoms. The highest BCUT2D eigenvalue weighted by molar-refractivity contribution is 5.55. The lowest BCUT2D eigenvalue weighted by molar-refractivity contribution is -0.114. The van der Waals surface area contributed by atoms with E-state index in [9.17, 15) is 4.79 Å². The summed E-state index contributed by atoms with van der Waals surface area (Å²) >= 11 is 0. The molecular formula is C14H30N2O2. The van der Waals surface area contributed by atoms with Crippen LogP contribution in [-0.2, 0) is 9.53 Å². The van der Waals surface area contributed by atoms with Gasteiger partial charge in [-0.05, 0) is 19.9 Å². The van der Waals surface area contributed by atoms with Crippen molar-refractivity contribution in [1.29, 1.82) is 0 Å². The smallest absolute Gasteiger partial charge is 0.125 e. The summed E-state index contributed by atoms with van der Waals surface area (Å²) in [4.78, 5) is 12.6. The van der Waals surface area contributed by atoms with Crippen molar-refractivity contribution in [2.24, 2.45) is 5.92 Å². The first-order chi connectivity index (χ1) is 8.77. The summed E-state index contributed by atoms with van der Waals surface area (Å²) in [5, 5.41) is 3.27. The third-order valence-electron chi connectivity index (χ3n) is 3.32. The predicted molar refractivity (Wildman–Crippen MR) is 75.9 cm³/mol. The van der Waals surface area contributed by atoms with Crippen LogP contribution in [0.3, 0.4) is 0 Å². The summed E-state index contributed by atoms with van der Waals surface area (Å²) in [6.07, 6.45) is 4.44. The summed E-state index contributed by atoms with van der Waals surface area (Å²) in [6, 6.07) is 0. The molecule has 0 aromatic heterocycles. The van der Waals surface area contributed by atoms with E-state index < -0.39 is 0 Å². The first-order valence-corrected chi connectivity index (χ1v) is 7.15. The fourth-order valence-electron chi connectivity index (χ4n) is 2.18. The molecule has 0 aromatic carbocycles. The third kappa shape index (κ3) is 7.09. The van der Waals surface area contributed by atoms with Crippen LogP contribution in [0.15, 0.2) is 0 Å². The van der Waals surface area contributed by atoms with Gasteiger partial charge in [0.15, 0.2) is 0 Å². The lowest BCUT2D eigenvalue weighted by atomic mass is 10.1. The SMILES string of the molecule is CC.CN1CCNCC1.COC1CCCC1C=O. The highest BCUT2D eigenvalue weighted by atomic mass is 16.5. The van der Waals surface area contributed by atoms with Gasteiger partial charge in [0.25, 0.3) is 0 Å². The predicted octanol–water partition coefficient (Wildman–Crippen LogP) is 1.55. The maximum Gasteiger partial charge on any atom is 0.125 e. The van der Waals surface area contributed by atoms with Gasteiger partial charge in [-0.3, -0.25) is 0 Å². The minimum Gasteiger partial charge on any atom is -0.381 e. The van der Waals surface area contributed by atoms with Crippen LogP contribution in [0, 0.1) is 5.92 Å². The molecule has 2 atom stereocenters. The van der Waals surface area contributed by atoms with Crippen molar-refractivity contribution >= 4 is 6.29 Å². The normalized spacial score (nSPS) is 27.6. The Morgan fingerprint density at radius 1 is 1.22 bits per heavy atom. The van der Waals surface area contributed by atoms with E-state index in [-0.39, 0.29) is 12.0 Å².